The summed E-state index contributed by atoms with van der Waals surface area (Å²) in [7, 11) is 0. The Balaban J connectivity index is 1.97. The predicted molar refractivity (Wildman–Crippen MR) is 77.2 cm³/mol. The van der Waals surface area contributed by atoms with Gasteiger partial charge in [-0.2, -0.15) is 0 Å². The van der Waals surface area contributed by atoms with Crippen molar-refractivity contribution >= 4 is 23.1 Å². The maximum absolute atomic E-state index is 6.03. The van der Waals surface area contributed by atoms with Gasteiger partial charge in [0, 0.05) is 18.9 Å². The molecule has 3 rings (SSSR count). The lowest BCUT2D eigenvalue weighted by Crippen LogP contribution is -2.24. The standard InChI is InChI=1S/C14H15ClN4/c15-13-6-5-11(16)14(18-13)19-8-2-4-12(19)10-3-1-7-17-9-10/h1,3,5-7,9,12H,2,4,8,16H2. The molecule has 5 heteroatoms. The van der Waals surface area contributed by atoms with Gasteiger partial charge in [0.2, 0.25) is 0 Å². The molecule has 2 aromatic heterocycles. The molecule has 0 radical (unpaired) electrons. The summed E-state index contributed by atoms with van der Waals surface area (Å²) in [5.41, 5.74) is 7.89. The number of hydrogen-bond acceptors (Lipinski definition) is 4. The van der Waals surface area contributed by atoms with E-state index in [2.05, 4.69) is 20.9 Å². The lowest BCUT2D eigenvalue weighted by molar-refractivity contribution is 0.709. The Morgan fingerprint density at radius 3 is 3.00 bits per heavy atom. The molecule has 1 fully saturated rings. The molecular weight excluding hydrogens is 260 g/mol. The first-order valence-electron chi connectivity index (χ1n) is 6.34. The number of pyridine rings is 2. The summed E-state index contributed by atoms with van der Waals surface area (Å²) in [4.78, 5) is 10.8. The van der Waals surface area contributed by atoms with E-state index in [1.165, 1.54) is 5.56 Å². The van der Waals surface area contributed by atoms with E-state index < -0.39 is 0 Å². The van der Waals surface area contributed by atoms with Gasteiger partial charge < -0.3 is 10.6 Å². The second-order valence-electron chi connectivity index (χ2n) is 4.68. The van der Waals surface area contributed by atoms with Gasteiger partial charge in [-0.15, -0.1) is 0 Å². The van der Waals surface area contributed by atoms with Crippen molar-refractivity contribution < 1.29 is 0 Å². The van der Waals surface area contributed by atoms with E-state index >= 15 is 0 Å². The largest absolute Gasteiger partial charge is 0.396 e. The minimum Gasteiger partial charge on any atom is -0.396 e. The molecule has 2 N–H and O–H groups in total. The zero-order valence-electron chi connectivity index (χ0n) is 10.5. The smallest absolute Gasteiger partial charge is 0.154 e. The highest BCUT2D eigenvalue weighted by molar-refractivity contribution is 6.29. The van der Waals surface area contributed by atoms with Crippen LogP contribution in [0.25, 0.3) is 0 Å². The summed E-state index contributed by atoms with van der Waals surface area (Å²) >= 11 is 5.98. The van der Waals surface area contributed by atoms with Crippen LogP contribution in [0.5, 0.6) is 0 Å². The molecule has 0 bridgehead atoms. The van der Waals surface area contributed by atoms with Crippen LogP contribution in [0.15, 0.2) is 36.7 Å². The minimum absolute atomic E-state index is 0.280. The van der Waals surface area contributed by atoms with Crippen molar-refractivity contribution in [1.82, 2.24) is 9.97 Å². The predicted octanol–water partition coefficient (Wildman–Crippen LogP) is 3.05. The Hall–Kier alpha value is -1.81. The number of nitrogens with zero attached hydrogens (tertiary/aromatic N) is 3. The number of halogens is 1. The number of nitrogens with two attached hydrogens (primary N) is 1. The second-order valence-corrected chi connectivity index (χ2v) is 5.07. The fourth-order valence-corrected chi connectivity index (χ4v) is 2.75. The Labute approximate surface area is 117 Å². The van der Waals surface area contributed by atoms with Crippen molar-refractivity contribution in [3.8, 4) is 0 Å². The van der Waals surface area contributed by atoms with Crippen LogP contribution in [0.3, 0.4) is 0 Å². The third-order valence-corrected chi connectivity index (χ3v) is 3.68. The van der Waals surface area contributed by atoms with Crippen molar-refractivity contribution in [2.24, 2.45) is 0 Å². The van der Waals surface area contributed by atoms with Gasteiger partial charge in [0.15, 0.2) is 5.82 Å². The first kappa shape index (κ1) is 12.2. The molecule has 0 aliphatic carbocycles. The van der Waals surface area contributed by atoms with Crippen molar-refractivity contribution in [2.45, 2.75) is 18.9 Å². The van der Waals surface area contributed by atoms with Gasteiger partial charge in [-0.3, -0.25) is 4.98 Å². The molecule has 19 heavy (non-hydrogen) atoms. The normalized spacial score (nSPS) is 18.8. The van der Waals surface area contributed by atoms with Crippen molar-refractivity contribution in [1.29, 1.82) is 0 Å². The summed E-state index contributed by atoms with van der Waals surface area (Å²) in [6.45, 7) is 0.942. The third kappa shape index (κ3) is 2.36. The first-order valence-corrected chi connectivity index (χ1v) is 6.72. The summed E-state index contributed by atoms with van der Waals surface area (Å²) in [6, 6.07) is 7.86. The van der Waals surface area contributed by atoms with Crippen LogP contribution >= 0.6 is 11.6 Å². The van der Waals surface area contributed by atoms with Gasteiger partial charge in [-0.25, -0.2) is 4.98 Å². The highest BCUT2D eigenvalue weighted by Gasteiger charge is 2.28. The fourth-order valence-electron chi connectivity index (χ4n) is 2.61. The van der Waals surface area contributed by atoms with Gasteiger partial charge in [0.1, 0.15) is 5.15 Å². The monoisotopic (exact) mass is 274 g/mol. The molecule has 0 amide bonds. The van der Waals surface area contributed by atoms with Gasteiger partial charge in [0.25, 0.3) is 0 Å². The summed E-state index contributed by atoms with van der Waals surface area (Å²) in [5.74, 6) is 0.777. The Morgan fingerprint density at radius 2 is 2.21 bits per heavy atom. The van der Waals surface area contributed by atoms with Crippen LogP contribution in [-0.4, -0.2) is 16.5 Å². The molecule has 1 aliphatic heterocycles. The molecular formula is C14H15ClN4. The molecule has 1 saturated heterocycles. The average molecular weight is 275 g/mol. The molecule has 3 heterocycles. The molecule has 1 aliphatic rings. The summed E-state index contributed by atoms with van der Waals surface area (Å²) in [6.07, 6.45) is 5.89. The summed E-state index contributed by atoms with van der Waals surface area (Å²) < 4.78 is 0. The highest BCUT2D eigenvalue weighted by Crippen LogP contribution is 2.37. The van der Waals surface area contributed by atoms with E-state index in [0.29, 0.717) is 10.8 Å². The lowest BCUT2D eigenvalue weighted by atomic mass is 10.1. The SMILES string of the molecule is Nc1ccc(Cl)nc1N1CCCC1c1cccnc1. The number of nitrogen functional groups attached to an aromatic ring is 1. The maximum Gasteiger partial charge on any atom is 0.154 e. The quantitative estimate of drug-likeness (QED) is 0.855. The fraction of sp³-hybridized carbons (Fsp3) is 0.286. The van der Waals surface area contributed by atoms with Gasteiger partial charge in [0.05, 0.1) is 11.7 Å². The first-order chi connectivity index (χ1) is 9.25. The zero-order valence-corrected chi connectivity index (χ0v) is 11.2. The Bertz CT molecular complexity index is 573. The second kappa shape index (κ2) is 5.05. The van der Waals surface area contributed by atoms with E-state index in [-0.39, 0.29) is 6.04 Å². The van der Waals surface area contributed by atoms with E-state index in [1.807, 2.05) is 18.3 Å². The lowest BCUT2D eigenvalue weighted by Gasteiger charge is -2.27. The highest BCUT2D eigenvalue weighted by atomic mass is 35.5. The maximum atomic E-state index is 6.03. The van der Waals surface area contributed by atoms with Gasteiger partial charge in [-0.05, 0) is 36.6 Å². The van der Waals surface area contributed by atoms with Gasteiger partial charge >= 0.3 is 0 Å². The van der Waals surface area contributed by atoms with E-state index in [1.54, 1.807) is 12.3 Å². The average Bonchev–Trinajstić information content (AvgIpc) is 2.91. The Morgan fingerprint density at radius 1 is 1.32 bits per heavy atom. The van der Waals surface area contributed by atoms with E-state index in [9.17, 15) is 0 Å². The van der Waals surface area contributed by atoms with Crippen LogP contribution in [0, 0.1) is 0 Å². The molecule has 1 atom stereocenters. The molecule has 2 aromatic rings. The van der Waals surface area contributed by atoms with Crippen LogP contribution in [0.2, 0.25) is 5.15 Å². The number of hydrogen-bond donors (Lipinski definition) is 1. The minimum atomic E-state index is 0.280. The molecule has 1 unspecified atom stereocenters. The topological polar surface area (TPSA) is 55.0 Å². The van der Waals surface area contributed by atoms with Gasteiger partial charge in [-0.1, -0.05) is 17.7 Å². The van der Waals surface area contributed by atoms with E-state index in [4.69, 9.17) is 17.3 Å². The van der Waals surface area contributed by atoms with Crippen molar-refractivity contribution in [3.63, 3.8) is 0 Å². The number of aromatic nitrogens is 2. The van der Waals surface area contributed by atoms with Crippen LogP contribution in [0.4, 0.5) is 11.5 Å². The molecule has 0 spiro atoms. The molecule has 4 nitrogen and oxygen atoms in total. The number of anilines is 2. The summed E-state index contributed by atoms with van der Waals surface area (Å²) in [5, 5.41) is 0.473. The molecule has 98 valence electrons. The molecule has 0 aromatic carbocycles. The van der Waals surface area contributed by atoms with Crippen LogP contribution < -0.4 is 10.6 Å². The van der Waals surface area contributed by atoms with Crippen molar-refractivity contribution in [3.05, 3.63) is 47.4 Å². The third-order valence-electron chi connectivity index (χ3n) is 3.47. The number of rotatable bonds is 2. The van der Waals surface area contributed by atoms with Crippen LogP contribution in [0.1, 0.15) is 24.4 Å². The van der Waals surface area contributed by atoms with Crippen LogP contribution in [-0.2, 0) is 0 Å². The van der Waals surface area contributed by atoms with E-state index in [0.717, 1.165) is 25.2 Å². The van der Waals surface area contributed by atoms with Crippen molar-refractivity contribution in [2.75, 3.05) is 17.2 Å². The molecule has 0 saturated carbocycles. The zero-order chi connectivity index (χ0) is 13.2. The Kier molecular flexibility index (Phi) is 3.25.